The number of carbonyl (C=O) groups excluding carboxylic acids is 2. The average molecular weight is 358 g/mol. The Bertz CT molecular complexity index is 558. The molecule has 1 saturated carbocycles. The molecule has 1 aromatic carbocycles. The van der Waals surface area contributed by atoms with E-state index in [-0.39, 0.29) is 17.8 Å². The Balaban J connectivity index is 2.31. The van der Waals surface area contributed by atoms with E-state index >= 15 is 0 Å². The zero-order chi connectivity index (χ0) is 19.0. The Labute approximate surface area is 158 Å². The lowest BCUT2D eigenvalue weighted by molar-refractivity contribution is -0.126. The van der Waals surface area contributed by atoms with Crippen LogP contribution in [0.2, 0.25) is 0 Å². The number of hydrogen-bond acceptors (Lipinski definition) is 3. The number of rotatable bonds is 10. The predicted molar refractivity (Wildman–Crippen MR) is 105 cm³/mol. The van der Waals surface area contributed by atoms with Crippen molar-refractivity contribution in [1.29, 1.82) is 0 Å². The summed E-state index contributed by atoms with van der Waals surface area (Å²) in [4.78, 5) is 24.1. The van der Waals surface area contributed by atoms with Gasteiger partial charge in [0.1, 0.15) is 5.78 Å². The molecule has 3 heteroatoms. The summed E-state index contributed by atoms with van der Waals surface area (Å²) < 4.78 is 6.34. The van der Waals surface area contributed by atoms with E-state index in [2.05, 4.69) is 19.1 Å². The highest BCUT2D eigenvalue weighted by Crippen LogP contribution is 2.38. The van der Waals surface area contributed by atoms with Crippen LogP contribution in [0, 0.1) is 11.3 Å². The molecule has 2 rings (SSSR count). The van der Waals surface area contributed by atoms with Crippen molar-refractivity contribution in [3.05, 3.63) is 35.9 Å². The van der Waals surface area contributed by atoms with Gasteiger partial charge in [0, 0.05) is 18.9 Å². The molecule has 1 aliphatic rings. The number of benzene rings is 1. The number of ether oxygens (including phenoxy) is 1. The minimum atomic E-state index is -1.06. The van der Waals surface area contributed by atoms with Crippen molar-refractivity contribution in [3.8, 4) is 0 Å². The summed E-state index contributed by atoms with van der Waals surface area (Å²) in [6, 6.07) is 10.2. The van der Waals surface area contributed by atoms with Crippen LogP contribution in [0.5, 0.6) is 0 Å². The van der Waals surface area contributed by atoms with Gasteiger partial charge in [0.25, 0.3) is 0 Å². The van der Waals surface area contributed by atoms with Gasteiger partial charge in [0.2, 0.25) is 6.29 Å². The summed E-state index contributed by atoms with van der Waals surface area (Å²) in [6.45, 7) is 6.15. The first-order valence-corrected chi connectivity index (χ1v) is 10.1. The average Bonchev–Trinajstić information content (AvgIpc) is 2.68. The molecule has 0 bridgehead atoms. The molecule has 0 aromatic heterocycles. The maximum atomic E-state index is 12.8. The molecule has 1 aromatic rings. The first-order valence-electron chi connectivity index (χ1n) is 10.1. The van der Waals surface area contributed by atoms with E-state index in [1.807, 2.05) is 24.5 Å². The highest BCUT2D eigenvalue weighted by atomic mass is 16.5. The molecule has 26 heavy (non-hydrogen) atoms. The summed E-state index contributed by atoms with van der Waals surface area (Å²) in [6.07, 6.45) is 9.33. The van der Waals surface area contributed by atoms with Crippen LogP contribution in [0.3, 0.4) is 0 Å². The van der Waals surface area contributed by atoms with Gasteiger partial charge in [-0.15, -0.1) is 0 Å². The highest BCUT2D eigenvalue weighted by Gasteiger charge is 2.37. The Morgan fingerprint density at radius 1 is 1.19 bits per heavy atom. The van der Waals surface area contributed by atoms with Crippen LogP contribution in [-0.2, 0) is 14.3 Å². The largest absolute Gasteiger partial charge is 0.377 e. The second-order valence-corrected chi connectivity index (χ2v) is 8.11. The lowest BCUT2D eigenvalue weighted by Crippen LogP contribution is -2.36. The summed E-state index contributed by atoms with van der Waals surface area (Å²) in [7, 11) is 0. The van der Waals surface area contributed by atoms with Crippen LogP contribution in [0.4, 0.5) is 0 Å². The van der Waals surface area contributed by atoms with Crippen LogP contribution in [0.1, 0.15) is 77.2 Å². The van der Waals surface area contributed by atoms with Crippen molar-refractivity contribution in [2.75, 3.05) is 6.61 Å². The minimum absolute atomic E-state index is 0.00836. The molecule has 2 atom stereocenters. The topological polar surface area (TPSA) is 43.4 Å². The van der Waals surface area contributed by atoms with Gasteiger partial charge in [-0.25, -0.2) is 0 Å². The van der Waals surface area contributed by atoms with Gasteiger partial charge in [0.15, 0.2) is 0 Å². The number of Topliss-reactive ketones (excluding diaryl/α,β-unsaturated/α-hetero) is 1. The maximum absolute atomic E-state index is 12.8. The Morgan fingerprint density at radius 2 is 1.85 bits per heavy atom. The Kier molecular flexibility index (Phi) is 8.02. The van der Waals surface area contributed by atoms with Crippen molar-refractivity contribution in [3.63, 3.8) is 0 Å². The van der Waals surface area contributed by atoms with Crippen molar-refractivity contribution >= 4 is 12.1 Å². The fourth-order valence-corrected chi connectivity index (χ4v) is 3.93. The van der Waals surface area contributed by atoms with Gasteiger partial charge < -0.3 is 4.74 Å². The van der Waals surface area contributed by atoms with Crippen LogP contribution in [0.25, 0.3) is 0 Å². The standard InChI is InChI=1S/C23H33O3/c1-4-15-26-22(19-13-9-6-10-14-19)20(18-11-7-5-8-12-18)16-21(25)23(2,3)17-24/h5,7-8,11-12,19-20,22H,4,6,9-10,13-16H2,1-3H3. The maximum Gasteiger partial charge on any atom is 0.212 e. The quantitative estimate of drug-likeness (QED) is 0.538. The van der Waals surface area contributed by atoms with E-state index < -0.39 is 5.41 Å². The summed E-state index contributed by atoms with van der Waals surface area (Å²) in [5.74, 6) is 0.421. The fourth-order valence-electron chi connectivity index (χ4n) is 3.93. The summed E-state index contributed by atoms with van der Waals surface area (Å²) in [5.41, 5.74) is 0.0729. The van der Waals surface area contributed by atoms with Gasteiger partial charge in [-0.1, -0.05) is 56.5 Å². The van der Waals surface area contributed by atoms with Crippen molar-refractivity contribution in [2.45, 2.75) is 77.7 Å². The second-order valence-electron chi connectivity index (χ2n) is 8.11. The molecule has 0 aliphatic heterocycles. The third kappa shape index (κ3) is 5.51. The van der Waals surface area contributed by atoms with Crippen LogP contribution in [0.15, 0.2) is 30.3 Å². The number of hydrogen-bond donors (Lipinski definition) is 0. The molecule has 143 valence electrons. The third-order valence-corrected chi connectivity index (χ3v) is 5.61. The molecule has 2 unspecified atom stereocenters. The monoisotopic (exact) mass is 357 g/mol. The van der Waals surface area contributed by atoms with E-state index in [9.17, 15) is 9.59 Å². The molecule has 0 N–H and O–H groups in total. The summed E-state index contributed by atoms with van der Waals surface area (Å²) in [5, 5.41) is 0. The lowest BCUT2D eigenvalue weighted by atomic mass is 9.74. The van der Waals surface area contributed by atoms with Crippen molar-refractivity contribution < 1.29 is 14.3 Å². The van der Waals surface area contributed by atoms with E-state index in [0.717, 1.165) is 24.8 Å². The first kappa shape index (κ1) is 20.8. The van der Waals surface area contributed by atoms with Crippen molar-refractivity contribution in [2.24, 2.45) is 11.3 Å². The molecule has 1 aliphatic carbocycles. The van der Waals surface area contributed by atoms with Crippen molar-refractivity contribution in [1.82, 2.24) is 0 Å². The minimum Gasteiger partial charge on any atom is -0.377 e. The predicted octanol–water partition coefficient (Wildman–Crippen LogP) is 5.24. The normalized spacial score (nSPS) is 18.3. The van der Waals surface area contributed by atoms with E-state index in [4.69, 9.17) is 4.74 Å². The molecular formula is C23H33O3. The van der Waals surface area contributed by atoms with Gasteiger partial charge >= 0.3 is 0 Å². The smallest absolute Gasteiger partial charge is 0.212 e. The molecule has 1 fully saturated rings. The molecule has 0 saturated heterocycles. The summed E-state index contributed by atoms with van der Waals surface area (Å²) >= 11 is 0. The van der Waals surface area contributed by atoms with Gasteiger partial charge in [-0.05, 0) is 44.6 Å². The number of ketones is 1. The van der Waals surface area contributed by atoms with Crippen LogP contribution < -0.4 is 0 Å². The molecule has 1 radical (unpaired) electrons. The Morgan fingerprint density at radius 3 is 2.42 bits per heavy atom. The highest BCUT2D eigenvalue weighted by molar-refractivity contribution is 5.97. The molecule has 0 heterocycles. The van der Waals surface area contributed by atoms with Gasteiger partial charge in [-0.3, -0.25) is 9.59 Å². The van der Waals surface area contributed by atoms with Crippen LogP contribution >= 0.6 is 0 Å². The molecular weight excluding hydrogens is 324 g/mol. The van der Waals surface area contributed by atoms with E-state index in [0.29, 0.717) is 18.9 Å². The first-order chi connectivity index (χ1) is 12.5. The second kappa shape index (κ2) is 10.0. The SMILES string of the molecule is CCCOC(C1CCCCC1)C(CC(=O)C(C)(C)[C]=O)c1ccccc1. The number of carbonyl (C=O) groups is 1. The van der Waals surface area contributed by atoms with Gasteiger partial charge in [0.05, 0.1) is 11.5 Å². The lowest BCUT2D eigenvalue weighted by Gasteiger charge is -2.36. The van der Waals surface area contributed by atoms with E-state index in [1.54, 1.807) is 13.8 Å². The Hall–Kier alpha value is -1.48. The third-order valence-electron chi connectivity index (χ3n) is 5.61. The zero-order valence-electron chi connectivity index (χ0n) is 16.5. The fraction of sp³-hybridized carbons (Fsp3) is 0.652. The molecule has 0 spiro atoms. The van der Waals surface area contributed by atoms with E-state index in [1.165, 1.54) is 19.3 Å². The molecule has 0 amide bonds. The molecule has 3 nitrogen and oxygen atoms in total. The zero-order valence-corrected chi connectivity index (χ0v) is 16.5. The van der Waals surface area contributed by atoms with Gasteiger partial charge in [-0.2, -0.15) is 0 Å². The van der Waals surface area contributed by atoms with Crippen LogP contribution in [-0.4, -0.2) is 24.8 Å².